The summed E-state index contributed by atoms with van der Waals surface area (Å²) in [6.45, 7) is 4.38. The highest BCUT2D eigenvalue weighted by Gasteiger charge is 2.37. The van der Waals surface area contributed by atoms with Crippen molar-refractivity contribution in [1.82, 2.24) is 0 Å². The third kappa shape index (κ3) is 3.00. The Hall–Kier alpha value is 0.250. The quantitative estimate of drug-likeness (QED) is 0.464. The van der Waals surface area contributed by atoms with Crippen LogP contribution in [-0.4, -0.2) is 18.1 Å². The lowest BCUT2D eigenvalue weighted by Crippen LogP contribution is -2.03. The number of epoxide rings is 1. The molecule has 1 heterocycles. The van der Waals surface area contributed by atoms with E-state index in [1.807, 2.05) is 0 Å². The van der Waals surface area contributed by atoms with Crippen LogP contribution < -0.4 is 0 Å². The molecule has 2 heteroatoms. The summed E-state index contributed by atoms with van der Waals surface area (Å²) in [6, 6.07) is 0. The number of halogens is 1. The molecule has 3 atom stereocenters. The summed E-state index contributed by atoms with van der Waals surface area (Å²) in [4.78, 5) is 0. The molecule has 0 radical (unpaired) electrons. The van der Waals surface area contributed by atoms with Crippen molar-refractivity contribution in [2.24, 2.45) is 5.92 Å². The van der Waals surface area contributed by atoms with Crippen molar-refractivity contribution >= 4 is 11.6 Å². The number of alkyl halides is 1. The lowest BCUT2D eigenvalue weighted by Gasteiger charge is -2.02. The van der Waals surface area contributed by atoms with E-state index in [4.69, 9.17) is 16.3 Å². The maximum absolute atomic E-state index is 5.69. The summed E-state index contributed by atoms with van der Waals surface area (Å²) < 4.78 is 5.47. The van der Waals surface area contributed by atoms with Crippen LogP contribution in [0.25, 0.3) is 0 Å². The fourth-order valence-corrected chi connectivity index (χ4v) is 1.51. The molecule has 0 N–H and O–H groups in total. The van der Waals surface area contributed by atoms with Gasteiger partial charge in [0, 0.05) is 5.88 Å². The molecule has 0 amide bonds. The van der Waals surface area contributed by atoms with Gasteiger partial charge < -0.3 is 4.74 Å². The van der Waals surface area contributed by atoms with Gasteiger partial charge in [0.2, 0.25) is 0 Å². The Balaban J connectivity index is 2.03. The number of hydrogen-bond acceptors (Lipinski definition) is 1. The summed E-state index contributed by atoms with van der Waals surface area (Å²) in [5, 5.41) is 0. The van der Waals surface area contributed by atoms with Gasteiger partial charge in [0.1, 0.15) is 0 Å². The van der Waals surface area contributed by atoms with Gasteiger partial charge in [0.25, 0.3) is 0 Å². The van der Waals surface area contributed by atoms with E-state index in [-0.39, 0.29) is 0 Å². The molecule has 0 aromatic heterocycles. The van der Waals surface area contributed by atoms with Crippen LogP contribution >= 0.6 is 11.6 Å². The van der Waals surface area contributed by atoms with Crippen molar-refractivity contribution in [3.63, 3.8) is 0 Å². The van der Waals surface area contributed by atoms with Crippen LogP contribution in [0.4, 0.5) is 0 Å². The molecule has 3 unspecified atom stereocenters. The van der Waals surface area contributed by atoms with E-state index >= 15 is 0 Å². The smallest absolute Gasteiger partial charge is 0.0844 e. The average Bonchev–Trinajstić information content (AvgIpc) is 2.69. The molecule has 1 fully saturated rings. The van der Waals surface area contributed by atoms with E-state index in [9.17, 15) is 0 Å². The van der Waals surface area contributed by atoms with Gasteiger partial charge in [-0.3, -0.25) is 0 Å². The fourth-order valence-electron chi connectivity index (χ4n) is 1.38. The minimum absolute atomic E-state index is 0.531. The predicted molar refractivity (Wildman–Crippen MR) is 48.1 cm³/mol. The highest BCUT2D eigenvalue weighted by Crippen LogP contribution is 2.31. The van der Waals surface area contributed by atoms with Crippen LogP contribution in [0, 0.1) is 5.92 Å². The highest BCUT2D eigenvalue weighted by atomic mass is 35.5. The van der Waals surface area contributed by atoms with E-state index in [1.165, 1.54) is 12.8 Å². The molecule has 11 heavy (non-hydrogen) atoms. The zero-order valence-electron chi connectivity index (χ0n) is 7.35. The number of hydrogen-bond donors (Lipinski definition) is 0. The predicted octanol–water partition coefficient (Wildman–Crippen LogP) is 2.82. The first-order valence-electron chi connectivity index (χ1n) is 4.49. The molecule has 1 aliphatic rings. The molecule has 0 saturated carbocycles. The first-order chi connectivity index (χ1) is 5.27. The lowest BCUT2D eigenvalue weighted by molar-refractivity contribution is 0.341. The van der Waals surface area contributed by atoms with Gasteiger partial charge in [-0.2, -0.15) is 0 Å². The van der Waals surface area contributed by atoms with E-state index in [0.29, 0.717) is 18.1 Å². The molecule has 1 rings (SSSR count). The van der Waals surface area contributed by atoms with Crippen molar-refractivity contribution < 1.29 is 4.74 Å². The molecule has 66 valence electrons. The maximum atomic E-state index is 5.69. The topological polar surface area (TPSA) is 12.5 Å². The first kappa shape index (κ1) is 9.34. The molecule has 0 bridgehead atoms. The SMILES string of the molecule is CCCC1OC1CC(C)CCl. The summed E-state index contributed by atoms with van der Waals surface area (Å²) >= 11 is 5.69. The van der Waals surface area contributed by atoms with Crippen LogP contribution in [0.1, 0.15) is 33.1 Å². The number of rotatable bonds is 5. The molecule has 0 aromatic carbocycles. The number of ether oxygens (including phenoxy) is 1. The Bertz CT molecular complexity index is 116. The Labute approximate surface area is 74.1 Å². The largest absolute Gasteiger partial charge is 0.370 e. The standard InChI is InChI=1S/C9H17ClO/c1-3-4-8-9(11-8)5-7(2)6-10/h7-9H,3-6H2,1-2H3. The third-order valence-corrected chi connectivity index (χ3v) is 2.69. The van der Waals surface area contributed by atoms with Crippen molar-refractivity contribution in [2.45, 2.75) is 45.3 Å². The Morgan fingerprint density at radius 1 is 1.45 bits per heavy atom. The summed E-state index contributed by atoms with van der Waals surface area (Å²) in [5.41, 5.74) is 0. The second-order valence-electron chi connectivity index (χ2n) is 3.50. The van der Waals surface area contributed by atoms with Gasteiger partial charge in [-0.15, -0.1) is 11.6 Å². The lowest BCUT2D eigenvalue weighted by atomic mass is 10.0. The van der Waals surface area contributed by atoms with Crippen molar-refractivity contribution in [3.05, 3.63) is 0 Å². The minimum Gasteiger partial charge on any atom is -0.370 e. The zero-order valence-corrected chi connectivity index (χ0v) is 8.10. The fraction of sp³-hybridized carbons (Fsp3) is 1.00. The molecule has 0 spiro atoms. The van der Waals surface area contributed by atoms with Crippen molar-refractivity contribution in [2.75, 3.05) is 5.88 Å². The van der Waals surface area contributed by atoms with Gasteiger partial charge >= 0.3 is 0 Å². The highest BCUT2D eigenvalue weighted by molar-refractivity contribution is 6.18. The maximum Gasteiger partial charge on any atom is 0.0844 e. The minimum atomic E-state index is 0.531. The summed E-state index contributed by atoms with van der Waals surface area (Å²) in [5.74, 6) is 1.38. The second kappa shape index (κ2) is 4.32. The van der Waals surface area contributed by atoms with Gasteiger partial charge in [-0.05, 0) is 18.8 Å². The van der Waals surface area contributed by atoms with Gasteiger partial charge in [0.15, 0.2) is 0 Å². The molecule has 0 aliphatic carbocycles. The van der Waals surface area contributed by atoms with Crippen LogP contribution in [0.5, 0.6) is 0 Å². The average molecular weight is 177 g/mol. The van der Waals surface area contributed by atoms with Gasteiger partial charge in [-0.1, -0.05) is 20.3 Å². The van der Waals surface area contributed by atoms with E-state index in [2.05, 4.69) is 13.8 Å². The van der Waals surface area contributed by atoms with Crippen molar-refractivity contribution in [3.8, 4) is 0 Å². The summed E-state index contributed by atoms with van der Waals surface area (Å²) in [6.07, 6.45) is 4.69. The van der Waals surface area contributed by atoms with Crippen LogP contribution in [0.15, 0.2) is 0 Å². The normalized spacial score (nSPS) is 31.9. The molecular weight excluding hydrogens is 160 g/mol. The molecule has 1 saturated heterocycles. The second-order valence-corrected chi connectivity index (χ2v) is 3.81. The van der Waals surface area contributed by atoms with Crippen LogP contribution in [0.2, 0.25) is 0 Å². The monoisotopic (exact) mass is 176 g/mol. The summed E-state index contributed by atoms with van der Waals surface area (Å²) in [7, 11) is 0. The van der Waals surface area contributed by atoms with Crippen LogP contribution in [0.3, 0.4) is 0 Å². The molecular formula is C9H17ClO. The molecule has 1 aliphatic heterocycles. The van der Waals surface area contributed by atoms with Gasteiger partial charge in [0.05, 0.1) is 12.2 Å². The Morgan fingerprint density at radius 3 is 2.73 bits per heavy atom. The molecule has 0 aromatic rings. The van der Waals surface area contributed by atoms with Gasteiger partial charge in [-0.25, -0.2) is 0 Å². The third-order valence-electron chi connectivity index (χ3n) is 2.16. The van der Waals surface area contributed by atoms with E-state index in [1.54, 1.807) is 0 Å². The van der Waals surface area contributed by atoms with E-state index in [0.717, 1.165) is 12.3 Å². The first-order valence-corrected chi connectivity index (χ1v) is 5.02. The van der Waals surface area contributed by atoms with Crippen LogP contribution in [-0.2, 0) is 4.74 Å². The Morgan fingerprint density at radius 2 is 2.18 bits per heavy atom. The van der Waals surface area contributed by atoms with Crippen molar-refractivity contribution in [1.29, 1.82) is 0 Å². The molecule has 1 nitrogen and oxygen atoms in total. The van der Waals surface area contributed by atoms with E-state index < -0.39 is 0 Å². The zero-order chi connectivity index (χ0) is 8.27. The Kier molecular flexibility index (Phi) is 3.67.